The Hall–Kier alpha value is -4.36. The third-order valence-corrected chi connectivity index (χ3v) is 10.5. The molecule has 1 atom stereocenters. The molecule has 270 valence electrons. The number of carbonyl (C=O) groups is 2. The number of rotatable bonds is 13. The van der Waals surface area contributed by atoms with Crippen LogP contribution in [0.3, 0.4) is 0 Å². The van der Waals surface area contributed by atoms with Gasteiger partial charge < -0.3 is 15.0 Å². The van der Waals surface area contributed by atoms with E-state index in [0.29, 0.717) is 5.56 Å². The molecule has 0 saturated carbocycles. The molecule has 0 spiro atoms. The van der Waals surface area contributed by atoms with Crippen LogP contribution in [0.5, 0.6) is 5.75 Å². The van der Waals surface area contributed by atoms with E-state index in [1.807, 2.05) is 18.2 Å². The first-order chi connectivity index (χ1) is 23.9. The Bertz CT molecular complexity index is 2040. The second-order valence-corrected chi connectivity index (χ2v) is 15.9. The van der Waals surface area contributed by atoms with Crippen LogP contribution in [0.4, 0.5) is 11.4 Å². The first-order valence-electron chi connectivity index (χ1n) is 15.6. The molecule has 0 saturated heterocycles. The first kappa shape index (κ1) is 39.4. The van der Waals surface area contributed by atoms with Gasteiger partial charge in [-0.2, -0.15) is 0 Å². The average Bonchev–Trinajstić information content (AvgIpc) is 3.06. The van der Waals surface area contributed by atoms with Crippen molar-refractivity contribution in [3.63, 3.8) is 0 Å². The molecule has 2 amide bonds. The second kappa shape index (κ2) is 16.3. The van der Waals surface area contributed by atoms with Crippen LogP contribution in [-0.4, -0.2) is 55.3 Å². The Labute approximate surface area is 312 Å². The van der Waals surface area contributed by atoms with E-state index in [1.54, 1.807) is 51.1 Å². The van der Waals surface area contributed by atoms with Crippen LogP contribution in [0.1, 0.15) is 37.5 Å². The highest BCUT2D eigenvalue weighted by atomic mass is 35.5. The van der Waals surface area contributed by atoms with E-state index in [1.165, 1.54) is 49.3 Å². The minimum absolute atomic E-state index is 0.0553. The van der Waals surface area contributed by atoms with E-state index in [0.717, 1.165) is 15.9 Å². The van der Waals surface area contributed by atoms with Crippen molar-refractivity contribution in [1.82, 2.24) is 10.2 Å². The molecule has 0 fully saturated rings. The van der Waals surface area contributed by atoms with Crippen molar-refractivity contribution in [3.8, 4) is 5.75 Å². The van der Waals surface area contributed by atoms with E-state index < -0.39 is 55.5 Å². The number of halogens is 3. The molecule has 0 aromatic heterocycles. The molecule has 0 aliphatic carbocycles. The molecule has 0 radical (unpaired) electrons. The van der Waals surface area contributed by atoms with Crippen LogP contribution < -0.4 is 14.4 Å². The molecule has 0 aliphatic rings. The normalized spacial score (nSPS) is 12.2. The molecular formula is C36H37Cl3N4O7S. The number of benzene rings is 4. The van der Waals surface area contributed by atoms with Crippen LogP contribution in [0, 0.1) is 17.0 Å². The van der Waals surface area contributed by atoms with Crippen LogP contribution >= 0.6 is 34.8 Å². The average molecular weight is 776 g/mol. The summed E-state index contributed by atoms with van der Waals surface area (Å²) >= 11 is 18.9. The van der Waals surface area contributed by atoms with Crippen molar-refractivity contribution in [2.24, 2.45) is 0 Å². The number of nitrogens with zero attached hydrogens (tertiary/aromatic N) is 3. The summed E-state index contributed by atoms with van der Waals surface area (Å²) in [4.78, 5) is 40.8. The minimum atomic E-state index is -4.72. The van der Waals surface area contributed by atoms with E-state index >= 15 is 0 Å². The fourth-order valence-corrected chi connectivity index (χ4v) is 7.21. The van der Waals surface area contributed by atoms with Gasteiger partial charge >= 0.3 is 0 Å². The Kier molecular flexibility index (Phi) is 12.6. The van der Waals surface area contributed by atoms with Crippen LogP contribution in [0.2, 0.25) is 15.1 Å². The number of nitro benzene ring substituents is 1. The van der Waals surface area contributed by atoms with Gasteiger partial charge in [-0.25, -0.2) is 8.42 Å². The summed E-state index contributed by atoms with van der Waals surface area (Å²) in [6, 6.07) is 20.4. The molecule has 0 heterocycles. The highest BCUT2D eigenvalue weighted by Gasteiger charge is 2.37. The van der Waals surface area contributed by atoms with Crippen molar-refractivity contribution < 1.29 is 27.7 Å². The standard InChI is InChI=1S/C36H37Cl3N4O7S/c1-23-11-14-27(20-30(23)43(46)47)51(48,49)42(31-19-26(37)13-16-33(31)50-5)22-34(44)41(21-25-12-15-28(38)29(39)17-25)32(35(45)40-36(2,3)4)18-24-9-7-6-8-10-24/h6-17,19-20,32H,18,21-22H2,1-5H3,(H,40,45)/t32-/m0/s1. The van der Waals surface area contributed by atoms with E-state index in [9.17, 15) is 28.1 Å². The molecule has 0 bridgehead atoms. The zero-order chi connectivity index (χ0) is 37.7. The molecule has 0 unspecified atom stereocenters. The minimum Gasteiger partial charge on any atom is -0.495 e. The van der Waals surface area contributed by atoms with Crippen molar-refractivity contribution in [2.45, 2.75) is 57.1 Å². The predicted octanol–water partition coefficient (Wildman–Crippen LogP) is 7.62. The van der Waals surface area contributed by atoms with Crippen molar-refractivity contribution >= 4 is 68.0 Å². The smallest absolute Gasteiger partial charge is 0.273 e. The molecule has 4 aromatic rings. The summed E-state index contributed by atoms with van der Waals surface area (Å²) in [5, 5.41) is 15.4. The number of ether oxygens (including phenoxy) is 1. The summed E-state index contributed by atoms with van der Waals surface area (Å²) in [7, 11) is -3.40. The SMILES string of the molecule is COc1ccc(Cl)cc1N(CC(=O)N(Cc1ccc(Cl)c(Cl)c1)[C@@H](Cc1ccccc1)C(=O)NC(C)(C)C)S(=O)(=O)c1ccc(C)c([N+](=O)[O-])c1. The van der Waals surface area contributed by atoms with Crippen LogP contribution in [0.15, 0.2) is 89.8 Å². The number of sulfonamides is 1. The predicted molar refractivity (Wildman–Crippen MR) is 199 cm³/mol. The maximum absolute atomic E-state index is 14.8. The van der Waals surface area contributed by atoms with E-state index in [-0.39, 0.29) is 45.0 Å². The van der Waals surface area contributed by atoms with Gasteiger partial charge in [-0.15, -0.1) is 0 Å². The first-order valence-corrected chi connectivity index (χ1v) is 18.2. The molecule has 1 N–H and O–H groups in total. The number of hydrogen-bond acceptors (Lipinski definition) is 7. The lowest BCUT2D eigenvalue weighted by atomic mass is 10.0. The van der Waals surface area contributed by atoms with E-state index in [2.05, 4.69) is 5.32 Å². The fourth-order valence-electron chi connectivity index (χ4n) is 5.29. The van der Waals surface area contributed by atoms with Gasteiger partial charge in [0.25, 0.3) is 15.7 Å². The third-order valence-electron chi connectivity index (χ3n) is 7.76. The Morgan fingerprint density at radius 2 is 1.61 bits per heavy atom. The summed E-state index contributed by atoms with van der Waals surface area (Å²) in [6.07, 6.45) is 0.0766. The van der Waals surface area contributed by atoms with Gasteiger partial charge in [0, 0.05) is 35.2 Å². The molecule has 4 rings (SSSR count). The quantitative estimate of drug-likeness (QED) is 0.109. The van der Waals surface area contributed by atoms with Gasteiger partial charge in [0.15, 0.2) is 0 Å². The highest BCUT2D eigenvalue weighted by Crippen LogP contribution is 2.36. The second-order valence-electron chi connectivity index (χ2n) is 12.7. The monoisotopic (exact) mass is 774 g/mol. The van der Waals surface area contributed by atoms with Crippen LogP contribution in [-0.2, 0) is 32.6 Å². The van der Waals surface area contributed by atoms with E-state index in [4.69, 9.17) is 39.5 Å². The number of amides is 2. The summed E-state index contributed by atoms with van der Waals surface area (Å²) < 4.78 is 35.3. The van der Waals surface area contributed by atoms with Crippen molar-refractivity contribution in [3.05, 3.63) is 127 Å². The van der Waals surface area contributed by atoms with Crippen molar-refractivity contribution in [1.29, 1.82) is 0 Å². The molecule has 15 heteroatoms. The lowest BCUT2D eigenvalue weighted by molar-refractivity contribution is -0.385. The maximum atomic E-state index is 14.8. The van der Waals surface area contributed by atoms with Crippen LogP contribution in [0.25, 0.3) is 0 Å². The largest absolute Gasteiger partial charge is 0.495 e. The summed E-state index contributed by atoms with van der Waals surface area (Å²) in [5.74, 6) is -1.21. The lowest BCUT2D eigenvalue weighted by Gasteiger charge is -2.35. The fraction of sp³-hybridized carbons (Fsp3) is 0.278. The van der Waals surface area contributed by atoms with Crippen molar-refractivity contribution in [2.75, 3.05) is 18.0 Å². The maximum Gasteiger partial charge on any atom is 0.273 e. The number of carbonyl (C=O) groups excluding carboxylic acids is 2. The summed E-state index contributed by atoms with van der Waals surface area (Å²) in [5.41, 5.74) is 0.282. The highest BCUT2D eigenvalue weighted by molar-refractivity contribution is 7.92. The van der Waals surface area contributed by atoms with Gasteiger partial charge in [0.1, 0.15) is 18.3 Å². The zero-order valence-corrected chi connectivity index (χ0v) is 31.6. The molecule has 4 aromatic carbocycles. The molecule has 11 nitrogen and oxygen atoms in total. The Morgan fingerprint density at radius 1 is 0.922 bits per heavy atom. The zero-order valence-electron chi connectivity index (χ0n) is 28.5. The number of aryl methyl sites for hydroxylation is 1. The van der Waals surface area contributed by atoms with Gasteiger partial charge in [-0.05, 0) is 75.2 Å². The number of methoxy groups -OCH3 is 1. The molecular weight excluding hydrogens is 739 g/mol. The number of hydrogen-bond donors (Lipinski definition) is 1. The topological polar surface area (TPSA) is 139 Å². The number of nitro groups is 1. The van der Waals surface area contributed by atoms with Gasteiger partial charge in [0.05, 0.1) is 32.7 Å². The number of nitrogens with one attached hydrogen (secondary N) is 1. The Morgan fingerprint density at radius 3 is 2.22 bits per heavy atom. The van der Waals surface area contributed by atoms with Gasteiger partial charge in [0.2, 0.25) is 11.8 Å². The lowest BCUT2D eigenvalue weighted by Crippen LogP contribution is -2.56. The van der Waals surface area contributed by atoms with Gasteiger partial charge in [-0.1, -0.05) is 77.3 Å². The Balaban J connectivity index is 1.92. The summed E-state index contributed by atoms with van der Waals surface area (Å²) in [6.45, 7) is 5.87. The van der Waals surface area contributed by atoms with Gasteiger partial charge in [-0.3, -0.25) is 24.0 Å². The molecule has 0 aliphatic heterocycles. The third kappa shape index (κ3) is 9.91. The number of anilines is 1. The molecule has 51 heavy (non-hydrogen) atoms.